The zero-order valence-electron chi connectivity index (χ0n) is 5.68. The molecule has 0 radical (unpaired) electrons. The van der Waals surface area contributed by atoms with E-state index in [0.29, 0.717) is 0 Å². The minimum atomic E-state index is 0.941. The van der Waals surface area contributed by atoms with Gasteiger partial charge in [0.25, 0.3) is 0 Å². The van der Waals surface area contributed by atoms with Crippen LogP contribution in [0.15, 0.2) is 46.3 Å². The smallest absolute Gasteiger partial charge is 0.174 e. The van der Waals surface area contributed by atoms with Crippen LogP contribution >= 0.6 is 0 Å². The molecule has 0 amide bonds. The van der Waals surface area contributed by atoms with Gasteiger partial charge >= 0.3 is 0 Å². The second kappa shape index (κ2) is 1.05. The average molecular weight is 144 g/mol. The molecule has 2 aliphatic carbocycles. The van der Waals surface area contributed by atoms with Crippen LogP contribution in [0.2, 0.25) is 0 Å². The van der Waals surface area contributed by atoms with Gasteiger partial charge in [-0.3, -0.25) is 0 Å². The van der Waals surface area contributed by atoms with Crippen molar-refractivity contribution in [3.8, 4) is 0 Å². The lowest BCUT2D eigenvalue weighted by molar-refractivity contribution is 0.473. The maximum Gasteiger partial charge on any atom is 0.174 e. The standard InChI is InChI=1S/C9H4O2/c1-4-2-8-9(11-8)5(4)3-7-6(1)10-7/h1-2H,3H2. The van der Waals surface area contributed by atoms with Crippen molar-refractivity contribution >= 4 is 0 Å². The summed E-state index contributed by atoms with van der Waals surface area (Å²) in [5.41, 5.74) is 2.61. The first kappa shape index (κ1) is 4.44. The van der Waals surface area contributed by atoms with Gasteiger partial charge in [-0.1, -0.05) is 0 Å². The van der Waals surface area contributed by atoms with E-state index in [1.165, 1.54) is 11.1 Å². The highest BCUT2D eigenvalue weighted by atomic mass is 16.6. The molecule has 2 aliphatic heterocycles. The average Bonchev–Trinajstić information content (AvgIpc) is 2.84. The largest absolute Gasteiger partial charge is 0.454 e. The van der Waals surface area contributed by atoms with E-state index in [-0.39, 0.29) is 0 Å². The summed E-state index contributed by atoms with van der Waals surface area (Å²) in [5.74, 6) is 4.36. The van der Waals surface area contributed by atoms with Crippen LogP contribution in [0, 0.1) is 0 Å². The van der Waals surface area contributed by atoms with E-state index in [1.54, 1.807) is 0 Å². The lowest BCUT2D eigenvalue weighted by Crippen LogP contribution is -1.87. The minimum Gasteiger partial charge on any atom is -0.454 e. The summed E-state index contributed by atoms with van der Waals surface area (Å²) in [7, 11) is 0. The van der Waals surface area contributed by atoms with Crippen molar-refractivity contribution in [2.45, 2.75) is 6.42 Å². The predicted molar refractivity (Wildman–Crippen MR) is 37.0 cm³/mol. The first-order valence-electron chi connectivity index (χ1n) is 3.68. The number of epoxide rings is 1. The molecule has 52 valence electrons. The highest BCUT2D eigenvalue weighted by molar-refractivity contribution is 5.66. The molecule has 4 aliphatic rings. The molecule has 0 spiro atoms. The Labute approximate surface area is 63.1 Å². The van der Waals surface area contributed by atoms with Crippen LogP contribution in [-0.4, -0.2) is 0 Å². The molecule has 2 heterocycles. The lowest BCUT2D eigenvalue weighted by atomic mass is 10.0. The van der Waals surface area contributed by atoms with Crippen molar-refractivity contribution in [3.05, 3.63) is 46.3 Å². The topological polar surface area (TPSA) is 25.1 Å². The highest BCUT2D eigenvalue weighted by Gasteiger charge is 2.42. The minimum absolute atomic E-state index is 0.941. The van der Waals surface area contributed by atoms with Gasteiger partial charge in [0.1, 0.15) is 0 Å². The van der Waals surface area contributed by atoms with Gasteiger partial charge in [0, 0.05) is 12.0 Å². The van der Waals surface area contributed by atoms with Crippen LogP contribution in [0.1, 0.15) is 6.42 Å². The Morgan fingerprint density at radius 1 is 1.18 bits per heavy atom. The summed E-state index contributed by atoms with van der Waals surface area (Å²) >= 11 is 0. The second-order valence-corrected chi connectivity index (χ2v) is 3.08. The Balaban J connectivity index is 2.02. The number of hydrogen-bond donors (Lipinski definition) is 0. The third-order valence-corrected chi connectivity index (χ3v) is 2.39. The van der Waals surface area contributed by atoms with Crippen molar-refractivity contribution in [2.24, 2.45) is 0 Å². The van der Waals surface area contributed by atoms with Gasteiger partial charge < -0.3 is 9.47 Å². The molecular formula is C9H4O2. The van der Waals surface area contributed by atoms with Gasteiger partial charge in [0.15, 0.2) is 23.0 Å². The SMILES string of the molecule is C1=C2C=C3OC3=C2CC2=C1O2. The van der Waals surface area contributed by atoms with Gasteiger partial charge in [-0.05, 0) is 17.7 Å². The van der Waals surface area contributed by atoms with E-state index in [9.17, 15) is 0 Å². The fourth-order valence-corrected chi connectivity index (χ4v) is 1.70. The maximum absolute atomic E-state index is 5.22. The Hall–Kier alpha value is -1.44. The Bertz CT molecular complexity index is 419. The molecule has 0 aromatic rings. The first-order valence-corrected chi connectivity index (χ1v) is 3.68. The molecule has 1 saturated heterocycles. The van der Waals surface area contributed by atoms with Gasteiger partial charge in [0.05, 0.1) is 0 Å². The summed E-state index contributed by atoms with van der Waals surface area (Å²) in [6, 6.07) is 0. The quantitative estimate of drug-likeness (QED) is 0.484. The van der Waals surface area contributed by atoms with Crippen LogP contribution in [-0.2, 0) is 9.47 Å². The molecule has 4 rings (SSSR count). The van der Waals surface area contributed by atoms with Crippen molar-refractivity contribution in [1.82, 2.24) is 0 Å². The van der Waals surface area contributed by atoms with Crippen LogP contribution in [0.25, 0.3) is 0 Å². The van der Waals surface area contributed by atoms with E-state index < -0.39 is 0 Å². The van der Waals surface area contributed by atoms with Gasteiger partial charge in [0.2, 0.25) is 0 Å². The van der Waals surface area contributed by atoms with Crippen molar-refractivity contribution < 1.29 is 9.47 Å². The van der Waals surface area contributed by atoms with Gasteiger partial charge in [-0.15, -0.1) is 0 Å². The van der Waals surface area contributed by atoms with E-state index in [2.05, 4.69) is 12.2 Å². The molecule has 11 heavy (non-hydrogen) atoms. The molecule has 0 N–H and O–H groups in total. The number of allylic oxidation sites excluding steroid dienone is 4. The molecule has 0 atom stereocenters. The van der Waals surface area contributed by atoms with Crippen LogP contribution in [0.4, 0.5) is 0 Å². The molecule has 2 heteroatoms. The van der Waals surface area contributed by atoms with Crippen LogP contribution in [0.5, 0.6) is 0 Å². The third-order valence-electron chi connectivity index (χ3n) is 2.39. The lowest BCUT2D eigenvalue weighted by Gasteiger charge is -1.99. The highest BCUT2D eigenvalue weighted by Crippen LogP contribution is 2.52. The third kappa shape index (κ3) is 0.394. The molecule has 2 nitrogen and oxygen atoms in total. The van der Waals surface area contributed by atoms with Crippen LogP contribution < -0.4 is 0 Å². The fourth-order valence-electron chi connectivity index (χ4n) is 1.70. The van der Waals surface area contributed by atoms with Crippen molar-refractivity contribution in [2.75, 3.05) is 0 Å². The number of rotatable bonds is 0. The number of fused-ring (bicyclic) bond motifs is 2. The van der Waals surface area contributed by atoms with E-state index in [1.807, 2.05) is 0 Å². The molecular weight excluding hydrogens is 140 g/mol. The summed E-state index contributed by atoms with van der Waals surface area (Å²) in [6.07, 6.45) is 5.11. The molecule has 0 bridgehead atoms. The fraction of sp³-hybridized carbons (Fsp3) is 0.111. The molecule has 0 unspecified atom stereocenters. The summed E-state index contributed by atoms with van der Waals surface area (Å²) < 4.78 is 10.4. The molecule has 0 aromatic heterocycles. The van der Waals surface area contributed by atoms with Crippen molar-refractivity contribution in [3.63, 3.8) is 0 Å². The number of hydrogen-bond acceptors (Lipinski definition) is 2. The zero-order chi connectivity index (χ0) is 7.00. The van der Waals surface area contributed by atoms with Crippen LogP contribution in [0.3, 0.4) is 0 Å². The van der Waals surface area contributed by atoms with E-state index in [0.717, 1.165) is 29.5 Å². The summed E-state index contributed by atoms with van der Waals surface area (Å²) in [5, 5.41) is 0. The number of ether oxygens (including phenoxy) is 2. The predicted octanol–water partition coefficient (Wildman–Crippen LogP) is 1.74. The van der Waals surface area contributed by atoms with Gasteiger partial charge in [-0.2, -0.15) is 0 Å². The van der Waals surface area contributed by atoms with Crippen molar-refractivity contribution in [1.29, 1.82) is 0 Å². The monoisotopic (exact) mass is 144 g/mol. The summed E-state index contributed by atoms with van der Waals surface area (Å²) in [4.78, 5) is 0. The Morgan fingerprint density at radius 3 is 3.18 bits per heavy atom. The summed E-state index contributed by atoms with van der Waals surface area (Å²) in [6.45, 7) is 0. The van der Waals surface area contributed by atoms with Gasteiger partial charge in [-0.25, -0.2) is 0 Å². The second-order valence-electron chi connectivity index (χ2n) is 3.08. The zero-order valence-corrected chi connectivity index (χ0v) is 5.68. The Morgan fingerprint density at radius 2 is 2.18 bits per heavy atom. The normalized spacial score (nSPS) is 27.6. The molecule has 0 aromatic carbocycles. The molecule has 0 saturated carbocycles. The molecule has 1 fully saturated rings. The van der Waals surface area contributed by atoms with E-state index >= 15 is 0 Å². The van der Waals surface area contributed by atoms with E-state index in [4.69, 9.17) is 9.47 Å². The Kier molecular flexibility index (Phi) is 0.425. The first-order chi connectivity index (χ1) is 5.42. The maximum atomic E-state index is 5.22.